The molecule has 2 fully saturated rings. The summed E-state index contributed by atoms with van der Waals surface area (Å²) in [7, 11) is 0. The Hall–Kier alpha value is -1.18. The van der Waals surface area contributed by atoms with E-state index < -0.39 is 23.7 Å². The van der Waals surface area contributed by atoms with Crippen molar-refractivity contribution in [3.8, 4) is 0 Å². The number of carboxylic acids is 1. The molecule has 0 aromatic heterocycles. The van der Waals surface area contributed by atoms with Gasteiger partial charge in [0.05, 0.1) is 19.2 Å². The van der Waals surface area contributed by atoms with E-state index >= 15 is 0 Å². The van der Waals surface area contributed by atoms with Gasteiger partial charge >= 0.3 is 5.97 Å². The van der Waals surface area contributed by atoms with Crippen LogP contribution in [0.3, 0.4) is 0 Å². The predicted molar refractivity (Wildman–Crippen MR) is 55.8 cm³/mol. The van der Waals surface area contributed by atoms with Crippen molar-refractivity contribution in [1.82, 2.24) is 4.90 Å². The molecule has 0 bridgehead atoms. The molecule has 96 valence electrons. The fourth-order valence-corrected chi connectivity index (χ4v) is 2.34. The monoisotopic (exact) mass is 244 g/mol. The lowest BCUT2D eigenvalue weighted by atomic mass is 9.97. The number of nitrogens with zero attached hydrogens (tertiary/aromatic N) is 1. The molecule has 1 unspecified atom stereocenters. The number of amides is 1. The smallest absolute Gasteiger partial charge is 0.326 e. The van der Waals surface area contributed by atoms with Gasteiger partial charge in [-0.05, 0) is 6.92 Å². The van der Waals surface area contributed by atoms with Crippen LogP contribution < -0.4 is 5.73 Å². The minimum atomic E-state index is -1.04. The van der Waals surface area contributed by atoms with Crippen LogP contribution in [-0.2, 0) is 19.4 Å². The van der Waals surface area contributed by atoms with Gasteiger partial charge in [0, 0.05) is 12.8 Å². The highest BCUT2D eigenvalue weighted by Crippen LogP contribution is 2.37. The Morgan fingerprint density at radius 3 is 2.76 bits per heavy atom. The third-order valence-corrected chi connectivity index (χ3v) is 3.23. The van der Waals surface area contributed by atoms with Gasteiger partial charge in [-0.2, -0.15) is 0 Å². The quantitative estimate of drug-likeness (QED) is 0.611. The van der Waals surface area contributed by atoms with E-state index in [1.165, 1.54) is 11.8 Å². The zero-order valence-corrected chi connectivity index (χ0v) is 9.59. The van der Waals surface area contributed by atoms with E-state index in [1.54, 1.807) is 0 Å². The topological polar surface area (TPSA) is 102 Å². The summed E-state index contributed by atoms with van der Waals surface area (Å²) in [5.74, 6) is -1.41. The van der Waals surface area contributed by atoms with Crippen LogP contribution in [0.2, 0.25) is 0 Å². The molecule has 7 nitrogen and oxygen atoms in total. The predicted octanol–water partition coefficient (Wildman–Crippen LogP) is -0.890. The normalized spacial score (nSPS) is 34.2. The summed E-state index contributed by atoms with van der Waals surface area (Å²) in [6.07, 6.45) is 0.848. The molecule has 3 N–H and O–H groups in total. The van der Waals surface area contributed by atoms with Gasteiger partial charge in [-0.25, -0.2) is 14.6 Å². The van der Waals surface area contributed by atoms with Crippen LogP contribution in [0.4, 0.5) is 0 Å². The highest BCUT2D eigenvalue weighted by molar-refractivity contribution is 5.87. The van der Waals surface area contributed by atoms with E-state index in [-0.39, 0.29) is 18.9 Å². The molecular formula is C10H16N2O5. The van der Waals surface area contributed by atoms with Gasteiger partial charge in [0.25, 0.3) is 0 Å². The number of carboxylic acid groups (broad SMARTS) is 1. The summed E-state index contributed by atoms with van der Waals surface area (Å²) in [6.45, 7) is 2.19. The van der Waals surface area contributed by atoms with Crippen molar-refractivity contribution in [3.05, 3.63) is 0 Å². The summed E-state index contributed by atoms with van der Waals surface area (Å²) in [6, 6.07) is -1.59. The van der Waals surface area contributed by atoms with Gasteiger partial charge in [-0.3, -0.25) is 4.79 Å². The Bertz CT molecular complexity index is 338. The summed E-state index contributed by atoms with van der Waals surface area (Å²) < 4.78 is 0. The van der Waals surface area contributed by atoms with Gasteiger partial charge in [0.2, 0.25) is 5.91 Å². The molecule has 2 saturated heterocycles. The van der Waals surface area contributed by atoms with Crippen LogP contribution in [0.25, 0.3) is 0 Å². The van der Waals surface area contributed by atoms with E-state index in [9.17, 15) is 9.59 Å². The van der Waals surface area contributed by atoms with Gasteiger partial charge in [-0.1, -0.05) is 0 Å². The Balaban J connectivity index is 2.18. The third kappa shape index (κ3) is 2.13. The molecule has 2 heterocycles. The molecule has 17 heavy (non-hydrogen) atoms. The third-order valence-electron chi connectivity index (χ3n) is 3.23. The summed E-state index contributed by atoms with van der Waals surface area (Å²) >= 11 is 0. The molecule has 0 aromatic rings. The maximum absolute atomic E-state index is 11.8. The van der Waals surface area contributed by atoms with E-state index in [4.69, 9.17) is 20.6 Å². The van der Waals surface area contributed by atoms with E-state index in [1.807, 2.05) is 0 Å². The van der Waals surface area contributed by atoms with Gasteiger partial charge in [0.15, 0.2) is 0 Å². The van der Waals surface area contributed by atoms with Crippen molar-refractivity contribution >= 4 is 11.9 Å². The van der Waals surface area contributed by atoms with E-state index in [0.717, 1.165) is 0 Å². The summed E-state index contributed by atoms with van der Waals surface area (Å²) in [5, 5.41) is 9.13. The fraction of sp³-hybridized carbons (Fsp3) is 0.800. The maximum Gasteiger partial charge on any atom is 0.326 e. The van der Waals surface area contributed by atoms with Gasteiger partial charge in [-0.15, -0.1) is 0 Å². The minimum absolute atomic E-state index is 0.227. The molecule has 0 aromatic carbocycles. The largest absolute Gasteiger partial charge is 0.480 e. The standard InChI is InChI=1S/C10H16N2O5/c1-6(11)8(13)12-5-10(2-3-16-17-10)4-7(12)9(14)15/h6-7H,2-5,11H2,1H3,(H,14,15)/t6-,7-,10?/m0/s1. The molecule has 2 aliphatic heterocycles. The second-order valence-corrected chi connectivity index (χ2v) is 4.65. The van der Waals surface area contributed by atoms with Crippen LogP contribution in [0.1, 0.15) is 19.8 Å². The molecule has 0 aliphatic carbocycles. The van der Waals surface area contributed by atoms with Crippen molar-refractivity contribution in [1.29, 1.82) is 0 Å². The first kappa shape index (κ1) is 12.3. The number of rotatable bonds is 2. The average Bonchev–Trinajstić information content (AvgIpc) is 2.86. The lowest BCUT2D eigenvalue weighted by Gasteiger charge is -2.23. The van der Waals surface area contributed by atoms with Gasteiger partial charge < -0.3 is 15.7 Å². The lowest BCUT2D eigenvalue weighted by Crippen LogP contribution is -2.48. The van der Waals surface area contributed by atoms with Gasteiger partial charge in [0.1, 0.15) is 11.6 Å². The Kier molecular flexibility index (Phi) is 3.07. The van der Waals surface area contributed by atoms with E-state index in [2.05, 4.69) is 0 Å². The molecule has 3 atom stereocenters. The van der Waals surface area contributed by atoms with Crippen LogP contribution in [-0.4, -0.2) is 52.7 Å². The first-order valence-electron chi connectivity index (χ1n) is 5.55. The minimum Gasteiger partial charge on any atom is -0.480 e. The number of carbonyl (C=O) groups is 2. The second kappa shape index (κ2) is 4.25. The molecular weight excluding hydrogens is 228 g/mol. The summed E-state index contributed by atoms with van der Waals surface area (Å²) in [4.78, 5) is 34.2. The molecule has 1 amide bonds. The number of aliphatic carboxylic acids is 1. The van der Waals surface area contributed by atoms with Crippen molar-refractivity contribution in [2.45, 2.75) is 37.5 Å². The van der Waals surface area contributed by atoms with Crippen LogP contribution in [0.5, 0.6) is 0 Å². The number of hydrogen-bond donors (Lipinski definition) is 2. The van der Waals surface area contributed by atoms with Crippen LogP contribution in [0, 0.1) is 0 Å². The molecule has 7 heteroatoms. The average molecular weight is 244 g/mol. The first-order valence-corrected chi connectivity index (χ1v) is 5.55. The Morgan fingerprint density at radius 2 is 2.29 bits per heavy atom. The first-order chi connectivity index (χ1) is 7.95. The molecule has 2 aliphatic rings. The van der Waals surface area contributed by atoms with Crippen LogP contribution in [0.15, 0.2) is 0 Å². The van der Waals surface area contributed by atoms with Crippen LogP contribution >= 0.6 is 0 Å². The lowest BCUT2D eigenvalue weighted by molar-refractivity contribution is -0.304. The van der Waals surface area contributed by atoms with Crippen molar-refractivity contribution in [3.63, 3.8) is 0 Å². The zero-order chi connectivity index (χ0) is 12.6. The molecule has 0 saturated carbocycles. The van der Waals surface area contributed by atoms with Crippen molar-refractivity contribution in [2.24, 2.45) is 5.73 Å². The molecule has 1 spiro atoms. The fourth-order valence-electron chi connectivity index (χ4n) is 2.34. The highest BCUT2D eigenvalue weighted by Gasteiger charge is 2.52. The number of likely N-dealkylation sites (tertiary alicyclic amines) is 1. The molecule has 0 radical (unpaired) electrons. The maximum atomic E-state index is 11.8. The van der Waals surface area contributed by atoms with E-state index in [0.29, 0.717) is 13.0 Å². The zero-order valence-electron chi connectivity index (χ0n) is 9.59. The number of hydrogen-bond acceptors (Lipinski definition) is 5. The number of carbonyl (C=O) groups excluding carboxylic acids is 1. The second-order valence-electron chi connectivity index (χ2n) is 4.65. The SMILES string of the molecule is C[C@H](N)C(=O)N1CC2(CCOO2)C[C@H]1C(=O)O. The Labute approximate surface area is 98.4 Å². The van der Waals surface area contributed by atoms with Crippen molar-refractivity contribution < 1.29 is 24.5 Å². The number of nitrogens with two attached hydrogens (primary N) is 1. The highest BCUT2D eigenvalue weighted by atomic mass is 17.2. The van der Waals surface area contributed by atoms with Crippen molar-refractivity contribution in [2.75, 3.05) is 13.2 Å². The summed E-state index contributed by atoms with van der Waals surface area (Å²) in [5.41, 5.74) is 4.84. The molecule has 2 rings (SSSR count). The Morgan fingerprint density at radius 1 is 1.59 bits per heavy atom.